The molecule has 0 aromatic carbocycles. The van der Waals surface area contributed by atoms with E-state index in [2.05, 4.69) is 13.8 Å². The largest absolute Gasteiger partial charge is 0.108 e. The highest BCUT2D eigenvalue weighted by Crippen LogP contribution is 2.34. The van der Waals surface area contributed by atoms with Gasteiger partial charge in [-0.15, -0.1) is 23.5 Å². The molecule has 1 saturated heterocycles. The second kappa shape index (κ2) is 4.73. The Bertz CT molecular complexity index is 142. The zero-order chi connectivity index (χ0) is 8.27. The van der Waals surface area contributed by atoms with E-state index in [1.807, 2.05) is 23.5 Å². The fourth-order valence-corrected chi connectivity index (χ4v) is 4.49. The first-order valence-corrected chi connectivity index (χ1v) is 6.29. The Labute approximate surface area is 82.9 Å². The monoisotopic (exact) mass is 206 g/mol. The summed E-state index contributed by atoms with van der Waals surface area (Å²) in [5.74, 6) is 2.06. The molecule has 1 atom stereocenters. The van der Waals surface area contributed by atoms with E-state index in [1.54, 1.807) is 0 Å². The van der Waals surface area contributed by atoms with Gasteiger partial charge in [0.05, 0.1) is 0 Å². The smallest absolute Gasteiger partial charge is 0.104 e. The van der Waals surface area contributed by atoms with Crippen molar-refractivity contribution >= 4 is 39.3 Å². The Morgan fingerprint density at radius 3 is 2.91 bits per heavy atom. The van der Waals surface area contributed by atoms with Gasteiger partial charge in [0, 0.05) is 11.0 Å². The molecule has 1 rings (SSSR count). The molecule has 0 nitrogen and oxygen atoms in total. The Balaban J connectivity index is 2.28. The van der Waals surface area contributed by atoms with Crippen molar-refractivity contribution in [2.75, 3.05) is 5.75 Å². The van der Waals surface area contributed by atoms with Gasteiger partial charge in [0.1, 0.15) is 3.53 Å². The van der Waals surface area contributed by atoms with E-state index in [4.69, 9.17) is 12.2 Å². The van der Waals surface area contributed by atoms with Gasteiger partial charge in [0.15, 0.2) is 0 Å². The maximum absolute atomic E-state index is 5.16. The standard InChI is InChI=1S/C8H14S3/c1-6(2)5-7-3-4-10-8(9)11-7/h6-7H,3-5H2,1-2H3. The van der Waals surface area contributed by atoms with E-state index in [1.165, 1.54) is 18.6 Å². The number of rotatable bonds is 2. The van der Waals surface area contributed by atoms with Gasteiger partial charge in [0.2, 0.25) is 0 Å². The van der Waals surface area contributed by atoms with E-state index >= 15 is 0 Å². The fraction of sp³-hybridized carbons (Fsp3) is 0.875. The Kier molecular flexibility index (Phi) is 4.24. The Morgan fingerprint density at radius 1 is 1.64 bits per heavy atom. The number of thiocarbonyl (C=S) groups is 1. The molecule has 0 amide bonds. The van der Waals surface area contributed by atoms with Crippen LogP contribution in [0, 0.1) is 5.92 Å². The molecular weight excluding hydrogens is 192 g/mol. The molecule has 0 aliphatic carbocycles. The third-order valence-electron chi connectivity index (χ3n) is 1.66. The highest BCUT2D eigenvalue weighted by molar-refractivity contribution is 8.47. The average Bonchev–Trinajstić information content (AvgIpc) is 1.85. The van der Waals surface area contributed by atoms with Gasteiger partial charge < -0.3 is 0 Å². The molecule has 0 aromatic rings. The van der Waals surface area contributed by atoms with E-state index in [0.717, 1.165) is 14.7 Å². The summed E-state index contributed by atoms with van der Waals surface area (Å²) in [6, 6.07) is 0. The summed E-state index contributed by atoms with van der Waals surface area (Å²) in [7, 11) is 0. The van der Waals surface area contributed by atoms with Crippen LogP contribution in [0.3, 0.4) is 0 Å². The summed E-state index contributed by atoms with van der Waals surface area (Å²) < 4.78 is 1.15. The minimum atomic E-state index is 0.809. The lowest BCUT2D eigenvalue weighted by Gasteiger charge is -2.22. The van der Waals surface area contributed by atoms with Gasteiger partial charge in [-0.3, -0.25) is 0 Å². The van der Waals surface area contributed by atoms with Gasteiger partial charge in [-0.2, -0.15) is 0 Å². The minimum Gasteiger partial charge on any atom is -0.108 e. The highest BCUT2D eigenvalue weighted by atomic mass is 32.2. The SMILES string of the molecule is CC(C)CC1CCSC(=S)S1. The number of thioether (sulfide) groups is 2. The molecule has 0 radical (unpaired) electrons. The third-order valence-corrected chi connectivity index (χ3v) is 4.57. The molecular formula is C8H14S3. The maximum Gasteiger partial charge on any atom is 0.104 e. The van der Waals surface area contributed by atoms with Gasteiger partial charge in [-0.05, 0) is 18.8 Å². The maximum atomic E-state index is 5.16. The lowest BCUT2D eigenvalue weighted by atomic mass is 10.1. The molecule has 0 aromatic heterocycles. The topological polar surface area (TPSA) is 0 Å². The van der Waals surface area contributed by atoms with Crippen LogP contribution in [-0.4, -0.2) is 14.5 Å². The van der Waals surface area contributed by atoms with Crippen molar-refractivity contribution < 1.29 is 0 Å². The molecule has 1 aliphatic heterocycles. The molecule has 1 unspecified atom stereocenters. The molecule has 1 aliphatic rings. The molecule has 1 fully saturated rings. The van der Waals surface area contributed by atoms with Crippen LogP contribution in [0.25, 0.3) is 0 Å². The van der Waals surface area contributed by atoms with Crippen molar-refractivity contribution in [3.05, 3.63) is 0 Å². The summed E-state index contributed by atoms with van der Waals surface area (Å²) in [5.41, 5.74) is 0. The zero-order valence-corrected chi connectivity index (χ0v) is 9.45. The third kappa shape index (κ3) is 3.81. The molecule has 0 saturated carbocycles. The minimum absolute atomic E-state index is 0.809. The van der Waals surface area contributed by atoms with Gasteiger partial charge in [-0.1, -0.05) is 26.1 Å². The second-order valence-electron chi connectivity index (χ2n) is 3.26. The van der Waals surface area contributed by atoms with E-state index in [0.29, 0.717) is 0 Å². The summed E-state index contributed by atoms with van der Waals surface area (Å²) in [4.78, 5) is 0. The second-order valence-corrected chi connectivity index (χ2v) is 6.86. The number of hydrogen-bond donors (Lipinski definition) is 0. The summed E-state index contributed by atoms with van der Waals surface area (Å²) >= 11 is 8.91. The van der Waals surface area contributed by atoms with Crippen molar-refractivity contribution in [1.82, 2.24) is 0 Å². The van der Waals surface area contributed by atoms with Crippen molar-refractivity contribution in [3.63, 3.8) is 0 Å². The van der Waals surface area contributed by atoms with Crippen LogP contribution in [0.5, 0.6) is 0 Å². The quantitative estimate of drug-likeness (QED) is 0.634. The van der Waals surface area contributed by atoms with Crippen LogP contribution >= 0.6 is 35.7 Å². The van der Waals surface area contributed by atoms with Crippen LogP contribution in [0.2, 0.25) is 0 Å². The molecule has 0 spiro atoms. The Morgan fingerprint density at radius 2 is 2.36 bits per heavy atom. The van der Waals surface area contributed by atoms with Crippen molar-refractivity contribution in [2.24, 2.45) is 5.92 Å². The first-order chi connectivity index (χ1) is 5.18. The average molecular weight is 206 g/mol. The van der Waals surface area contributed by atoms with Crippen LogP contribution in [0.1, 0.15) is 26.7 Å². The summed E-state index contributed by atoms with van der Waals surface area (Å²) in [6.45, 7) is 4.57. The first-order valence-electron chi connectivity index (χ1n) is 4.02. The van der Waals surface area contributed by atoms with Gasteiger partial charge >= 0.3 is 0 Å². The lowest BCUT2D eigenvalue weighted by molar-refractivity contribution is 0.563. The predicted octanol–water partition coefficient (Wildman–Crippen LogP) is 3.56. The molecule has 64 valence electrons. The summed E-state index contributed by atoms with van der Waals surface area (Å²) in [5, 5.41) is 0.809. The lowest BCUT2D eigenvalue weighted by Crippen LogP contribution is -2.14. The van der Waals surface area contributed by atoms with Crippen LogP contribution < -0.4 is 0 Å². The number of hydrogen-bond acceptors (Lipinski definition) is 3. The fourth-order valence-electron chi connectivity index (χ4n) is 1.19. The predicted molar refractivity (Wildman–Crippen MR) is 60.5 cm³/mol. The van der Waals surface area contributed by atoms with Gasteiger partial charge in [0.25, 0.3) is 0 Å². The molecule has 3 heteroatoms. The first kappa shape index (κ1) is 9.87. The van der Waals surface area contributed by atoms with Crippen LogP contribution in [0.4, 0.5) is 0 Å². The van der Waals surface area contributed by atoms with Gasteiger partial charge in [-0.25, -0.2) is 0 Å². The van der Waals surface area contributed by atoms with Crippen molar-refractivity contribution in [2.45, 2.75) is 31.9 Å². The molecule has 0 bridgehead atoms. The summed E-state index contributed by atoms with van der Waals surface area (Å²) in [6.07, 6.45) is 2.67. The van der Waals surface area contributed by atoms with Crippen molar-refractivity contribution in [3.8, 4) is 0 Å². The van der Waals surface area contributed by atoms with Crippen LogP contribution in [0.15, 0.2) is 0 Å². The van der Waals surface area contributed by atoms with Crippen LogP contribution in [-0.2, 0) is 0 Å². The highest BCUT2D eigenvalue weighted by Gasteiger charge is 2.18. The van der Waals surface area contributed by atoms with E-state index in [9.17, 15) is 0 Å². The molecule has 1 heterocycles. The van der Waals surface area contributed by atoms with E-state index in [-0.39, 0.29) is 0 Å². The van der Waals surface area contributed by atoms with Crippen molar-refractivity contribution in [1.29, 1.82) is 0 Å². The zero-order valence-electron chi connectivity index (χ0n) is 7.00. The normalized spacial score (nSPS) is 26.1. The van der Waals surface area contributed by atoms with E-state index < -0.39 is 0 Å². The molecule has 0 N–H and O–H groups in total. The molecule has 11 heavy (non-hydrogen) atoms. The Hall–Kier alpha value is 0.790.